The Kier molecular flexibility index (Phi) is 12.0. The number of hydrogen-bond donors (Lipinski definition) is 4. The van der Waals surface area contributed by atoms with Gasteiger partial charge in [-0.25, -0.2) is 20.8 Å². The van der Waals surface area contributed by atoms with Crippen molar-refractivity contribution in [3.8, 4) is 0 Å². The minimum Gasteiger partial charge on any atom is -0.375 e. The average Bonchev–Trinajstić information content (AvgIpc) is 3.49. The number of likely N-dealkylation sites (tertiary alicyclic amines) is 1. The van der Waals surface area contributed by atoms with Gasteiger partial charge in [-0.15, -0.1) is 0 Å². The van der Waals surface area contributed by atoms with E-state index in [1.807, 2.05) is 34.6 Å². The summed E-state index contributed by atoms with van der Waals surface area (Å²) >= 11 is 0. The van der Waals surface area contributed by atoms with E-state index in [-0.39, 0.29) is 51.8 Å². The number of sulfonamides is 1. The highest BCUT2D eigenvalue weighted by Crippen LogP contribution is 2.27. The molecule has 0 saturated carbocycles. The van der Waals surface area contributed by atoms with Crippen molar-refractivity contribution in [3.05, 3.63) is 71.9 Å². The standard InChI is InChI=1S/C34H49N7O5S2/c1-24(2)21-40(22-25(3)4)48(45,46)31-12-8-7-11-30(31)37-20-32(42)39-18-9-10-27(23-39)38-33(35)29-17-19-41(34(29)36-6)47(43,44)28-15-13-26(5)14-16-28/h7-8,11-17,19,24-25,27,36-37H,9-10,18,20-23H2,1-6H3,(H2,35,38)/t27-/m1/s1. The van der Waals surface area contributed by atoms with Gasteiger partial charge in [0.25, 0.3) is 10.0 Å². The number of piperidine rings is 1. The molecule has 2 heterocycles. The van der Waals surface area contributed by atoms with Gasteiger partial charge in [-0.2, -0.15) is 4.31 Å². The summed E-state index contributed by atoms with van der Waals surface area (Å²) < 4.78 is 56.9. The Labute approximate surface area is 285 Å². The Morgan fingerprint density at radius 3 is 2.25 bits per heavy atom. The molecule has 0 bridgehead atoms. The zero-order valence-corrected chi connectivity index (χ0v) is 30.3. The van der Waals surface area contributed by atoms with Crippen LogP contribution < -0.4 is 16.0 Å². The largest absolute Gasteiger partial charge is 0.375 e. The first-order chi connectivity index (χ1) is 22.6. The lowest BCUT2D eigenvalue weighted by Gasteiger charge is -2.34. The van der Waals surface area contributed by atoms with Crippen LogP contribution in [0.15, 0.2) is 70.6 Å². The van der Waals surface area contributed by atoms with Gasteiger partial charge in [0.15, 0.2) is 0 Å². The number of nitrogens with one attached hydrogen (secondary N) is 4. The Hall–Kier alpha value is -3.88. The molecule has 4 rings (SSSR count). The quantitative estimate of drug-likeness (QED) is 0.143. The van der Waals surface area contributed by atoms with Gasteiger partial charge in [0.1, 0.15) is 16.5 Å². The number of anilines is 2. The van der Waals surface area contributed by atoms with E-state index >= 15 is 0 Å². The van der Waals surface area contributed by atoms with Crippen LogP contribution in [0.1, 0.15) is 51.7 Å². The van der Waals surface area contributed by atoms with Crippen LogP contribution >= 0.6 is 0 Å². The number of nitrogens with zero attached hydrogens (tertiary/aromatic N) is 3. The molecule has 0 spiro atoms. The van der Waals surface area contributed by atoms with E-state index in [0.29, 0.717) is 43.9 Å². The molecule has 0 radical (unpaired) electrons. The lowest BCUT2D eigenvalue weighted by Crippen LogP contribution is -2.50. The monoisotopic (exact) mass is 699 g/mol. The summed E-state index contributed by atoms with van der Waals surface area (Å²) in [5.74, 6) is 0.418. The van der Waals surface area contributed by atoms with Gasteiger partial charge in [0, 0.05) is 45.5 Å². The summed E-state index contributed by atoms with van der Waals surface area (Å²) in [5, 5.41) is 18.0. The Bertz CT molecular complexity index is 1790. The molecule has 12 nitrogen and oxygen atoms in total. The third kappa shape index (κ3) is 8.58. The number of carbonyl (C=O) groups is 1. The van der Waals surface area contributed by atoms with Crippen molar-refractivity contribution >= 4 is 43.3 Å². The Morgan fingerprint density at radius 2 is 1.62 bits per heavy atom. The fraction of sp³-hybridized carbons (Fsp3) is 0.471. The maximum absolute atomic E-state index is 13.7. The number of benzene rings is 2. The van der Waals surface area contributed by atoms with Crippen molar-refractivity contribution in [2.45, 2.75) is 63.3 Å². The second-order valence-corrected chi connectivity index (χ2v) is 16.8. The van der Waals surface area contributed by atoms with Crippen LogP contribution in [0, 0.1) is 24.2 Å². The topological polar surface area (TPSA) is 157 Å². The smallest absolute Gasteiger partial charge is 0.269 e. The van der Waals surface area contributed by atoms with Crippen molar-refractivity contribution in [1.29, 1.82) is 5.41 Å². The Balaban J connectivity index is 1.43. The molecule has 0 aliphatic carbocycles. The van der Waals surface area contributed by atoms with Gasteiger partial charge in [-0.05, 0) is 61.9 Å². The molecule has 1 amide bonds. The number of para-hydroxylation sites is 1. The van der Waals surface area contributed by atoms with E-state index in [2.05, 4.69) is 16.0 Å². The number of amidine groups is 1. The van der Waals surface area contributed by atoms with E-state index in [0.717, 1.165) is 16.0 Å². The van der Waals surface area contributed by atoms with Crippen molar-refractivity contribution < 1.29 is 21.6 Å². The fourth-order valence-electron chi connectivity index (χ4n) is 5.83. The maximum Gasteiger partial charge on any atom is 0.269 e. The van der Waals surface area contributed by atoms with Gasteiger partial charge in [0.05, 0.1) is 22.7 Å². The highest BCUT2D eigenvalue weighted by atomic mass is 32.2. The van der Waals surface area contributed by atoms with Crippen LogP contribution in [-0.4, -0.2) is 87.6 Å². The minimum absolute atomic E-state index is 0.0427. The molecule has 48 heavy (non-hydrogen) atoms. The zero-order chi connectivity index (χ0) is 35.2. The molecule has 3 aromatic rings. The maximum atomic E-state index is 13.7. The van der Waals surface area contributed by atoms with Crippen LogP contribution in [0.3, 0.4) is 0 Å². The Morgan fingerprint density at radius 1 is 0.979 bits per heavy atom. The van der Waals surface area contributed by atoms with Gasteiger partial charge in [-0.3, -0.25) is 10.2 Å². The second kappa shape index (κ2) is 15.6. The van der Waals surface area contributed by atoms with E-state index in [4.69, 9.17) is 5.41 Å². The van der Waals surface area contributed by atoms with E-state index in [9.17, 15) is 21.6 Å². The summed E-state index contributed by atoms with van der Waals surface area (Å²) in [6.07, 6.45) is 2.86. The highest BCUT2D eigenvalue weighted by Gasteiger charge is 2.30. The molecule has 4 N–H and O–H groups in total. The number of aromatic nitrogens is 1. The van der Waals surface area contributed by atoms with E-state index in [1.165, 1.54) is 10.5 Å². The normalized spacial score (nSPS) is 15.6. The highest BCUT2D eigenvalue weighted by molar-refractivity contribution is 7.90. The summed E-state index contributed by atoms with van der Waals surface area (Å²) in [4.78, 5) is 15.4. The summed E-state index contributed by atoms with van der Waals surface area (Å²) in [7, 11) is -6.09. The second-order valence-electron chi connectivity index (χ2n) is 13.1. The van der Waals surface area contributed by atoms with Crippen molar-refractivity contribution in [1.82, 2.24) is 18.5 Å². The molecule has 1 atom stereocenters. The molecular formula is C34H49N7O5S2. The fourth-order valence-corrected chi connectivity index (χ4v) is 9.13. The number of carbonyl (C=O) groups excluding carboxylic acids is 1. The molecule has 1 aliphatic heterocycles. The molecule has 1 aromatic heterocycles. The van der Waals surface area contributed by atoms with E-state index < -0.39 is 20.0 Å². The molecule has 2 aromatic carbocycles. The van der Waals surface area contributed by atoms with Gasteiger partial charge >= 0.3 is 0 Å². The predicted molar refractivity (Wildman–Crippen MR) is 191 cm³/mol. The van der Waals surface area contributed by atoms with E-state index in [1.54, 1.807) is 66.5 Å². The minimum atomic E-state index is -3.89. The summed E-state index contributed by atoms with van der Waals surface area (Å²) in [6, 6.07) is 14.6. The van der Waals surface area contributed by atoms with Crippen LogP contribution in [0.5, 0.6) is 0 Å². The first kappa shape index (κ1) is 36.9. The molecule has 1 aliphatic rings. The van der Waals surface area contributed by atoms with Crippen LogP contribution in [0.25, 0.3) is 0 Å². The first-order valence-corrected chi connectivity index (χ1v) is 19.2. The van der Waals surface area contributed by atoms with Crippen LogP contribution in [-0.2, 0) is 24.8 Å². The third-order valence-electron chi connectivity index (χ3n) is 8.13. The van der Waals surface area contributed by atoms with Crippen molar-refractivity contribution in [2.75, 3.05) is 50.4 Å². The first-order valence-electron chi connectivity index (χ1n) is 16.3. The predicted octanol–water partition coefficient (Wildman–Crippen LogP) is 4.40. The van der Waals surface area contributed by atoms with Crippen LogP contribution in [0.4, 0.5) is 11.5 Å². The number of hydrogen-bond acceptors (Lipinski definition) is 8. The van der Waals surface area contributed by atoms with Crippen LogP contribution in [0.2, 0.25) is 0 Å². The molecule has 262 valence electrons. The lowest BCUT2D eigenvalue weighted by molar-refractivity contribution is -0.130. The summed E-state index contributed by atoms with van der Waals surface area (Å²) in [5.41, 5.74) is 1.71. The number of amides is 1. The molecule has 14 heteroatoms. The number of rotatable bonds is 14. The van der Waals surface area contributed by atoms with Crippen molar-refractivity contribution in [3.63, 3.8) is 0 Å². The summed E-state index contributed by atoms with van der Waals surface area (Å²) in [6.45, 7) is 11.4. The zero-order valence-electron chi connectivity index (χ0n) is 28.7. The molecule has 0 unspecified atom stereocenters. The van der Waals surface area contributed by atoms with Gasteiger partial charge < -0.3 is 20.9 Å². The molecule has 1 fully saturated rings. The third-order valence-corrected chi connectivity index (χ3v) is 11.7. The SMILES string of the molecule is CNc1c(C(=N)N[C@@H]2CCCN(C(=O)CNc3ccccc3S(=O)(=O)N(CC(C)C)CC(C)C)C2)ccn1S(=O)(=O)c1ccc(C)cc1. The molecule has 1 saturated heterocycles. The lowest BCUT2D eigenvalue weighted by atomic mass is 10.0. The average molecular weight is 700 g/mol. The molecular weight excluding hydrogens is 651 g/mol. The number of aryl methyl sites for hydroxylation is 1. The van der Waals surface area contributed by atoms with Crippen molar-refractivity contribution in [2.24, 2.45) is 11.8 Å². The van der Waals surface area contributed by atoms with Gasteiger partial charge in [0.2, 0.25) is 15.9 Å². The van der Waals surface area contributed by atoms with Gasteiger partial charge in [-0.1, -0.05) is 57.5 Å².